The van der Waals surface area contributed by atoms with Crippen LogP contribution in [0.5, 0.6) is 0 Å². The van der Waals surface area contributed by atoms with Gasteiger partial charge in [0.05, 0.1) is 12.6 Å². The van der Waals surface area contributed by atoms with Crippen molar-refractivity contribution in [1.29, 1.82) is 0 Å². The summed E-state index contributed by atoms with van der Waals surface area (Å²) in [4.78, 5) is 14.4. The molecule has 0 aromatic heterocycles. The Morgan fingerprint density at radius 2 is 2.00 bits per heavy atom. The molecule has 1 unspecified atom stereocenters. The van der Waals surface area contributed by atoms with Crippen LogP contribution in [0.25, 0.3) is 0 Å². The minimum atomic E-state index is -0.415. The van der Waals surface area contributed by atoms with Gasteiger partial charge in [-0.2, -0.15) is 0 Å². The maximum atomic E-state index is 12.6. The maximum absolute atomic E-state index is 12.6. The van der Waals surface area contributed by atoms with Crippen LogP contribution in [0.4, 0.5) is 5.69 Å². The molecule has 0 spiro atoms. The minimum absolute atomic E-state index is 0.0152. The van der Waals surface area contributed by atoms with Crippen LogP contribution in [0.15, 0.2) is 48.5 Å². The number of carbonyl (C=O) groups is 1. The molecule has 108 valence electrons. The minimum Gasteiger partial charge on any atom is -0.320 e. The Morgan fingerprint density at radius 3 is 2.81 bits per heavy atom. The van der Waals surface area contributed by atoms with Crippen molar-refractivity contribution in [3.63, 3.8) is 0 Å². The largest absolute Gasteiger partial charge is 0.320 e. The topological polar surface area (TPSA) is 46.3 Å². The van der Waals surface area contributed by atoms with Crippen LogP contribution in [0.3, 0.4) is 0 Å². The first-order valence-electron chi connectivity index (χ1n) is 7.35. The van der Waals surface area contributed by atoms with Crippen LogP contribution < -0.4 is 10.6 Å². The zero-order chi connectivity index (χ0) is 14.8. The van der Waals surface area contributed by atoms with Crippen LogP contribution in [-0.4, -0.2) is 11.9 Å². The number of nitrogens with two attached hydrogens (primary N) is 1. The summed E-state index contributed by atoms with van der Waals surface area (Å²) in [5.41, 5.74) is 10.6. The SMILES string of the molecule is Cc1cccc(CN2C(=O)C(N)CCc3ccccc32)c1. The lowest BCUT2D eigenvalue weighted by Crippen LogP contribution is -2.42. The Labute approximate surface area is 125 Å². The van der Waals surface area contributed by atoms with Gasteiger partial charge in [0.1, 0.15) is 0 Å². The van der Waals surface area contributed by atoms with Crippen molar-refractivity contribution >= 4 is 11.6 Å². The number of nitrogens with zero attached hydrogens (tertiary/aromatic N) is 1. The smallest absolute Gasteiger partial charge is 0.244 e. The van der Waals surface area contributed by atoms with E-state index in [0.29, 0.717) is 13.0 Å². The van der Waals surface area contributed by atoms with E-state index in [9.17, 15) is 4.79 Å². The van der Waals surface area contributed by atoms with E-state index in [4.69, 9.17) is 5.73 Å². The van der Waals surface area contributed by atoms with Gasteiger partial charge in [-0.05, 0) is 37.0 Å². The first kappa shape index (κ1) is 13.8. The van der Waals surface area contributed by atoms with Crippen LogP contribution in [-0.2, 0) is 17.8 Å². The molecule has 2 aromatic rings. The predicted molar refractivity (Wildman–Crippen MR) is 85.1 cm³/mol. The summed E-state index contributed by atoms with van der Waals surface area (Å²) < 4.78 is 0. The van der Waals surface area contributed by atoms with Crippen molar-refractivity contribution < 1.29 is 4.79 Å². The van der Waals surface area contributed by atoms with Crippen LogP contribution in [0, 0.1) is 6.92 Å². The summed E-state index contributed by atoms with van der Waals surface area (Å²) >= 11 is 0. The van der Waals surface area contributed by atoms with Crippen molar-refractivity contribution in [2.45, 2.75) is 32.4 Å². The summed E-state index contributed by atoms with van der Waals surface area (Å²) in [5, 5.41) is 0. The molecule has 1 atom stereocenters. The van der Waals surface area contributed by atoms with Gasteiger partial charge in [-0.15, -0.1) is 0 Å². The molecule has 1 aliphatic rings. The number of amides is 1. The van der Waals surface area contributed by atoms with Crippen molar-refractivity contribution in [2.75, 3.05) is 4.90 Å². The van der Waals surface area contributed by atoms with Gasteiger partial charge in [-0.1, -0.05) is 48.0 Å². The lowest BCUT2D eigenvalue weighted by atomic mass is 10.1. The Bertz CT molecular complexity index is 666. The fourth-order valence-corrected chi connectivity index (χ4v) is 2.90. The molecule has 1 aliphatic heterocycles. The number of anilines is 1. The van der Waals surface area contributed by atoms with E-state index in [1.54, 1.807) is 0 Å². The van der Waals surface area contributed by atoms with Gasteiger partial charge in [-0.25, -0.2) is 0 Å². The normalized spacial score (nSPS) is 18.3. The average Bonchev–Trinajstić information content (AvgIpc) is 2.60. The summed E-state index contributed by atoms with van der Waals surface area (Å²) in [6.45, 7) is 2.64. The maximum Gasteiger partial charge on any atom is 0.244 e. The molecule has 21 heavy (non-hydrogen) atoms. The quantitative estimate of drug-likeness (QED) is 0.919. The lowest BCUT2D eigenvalue weighted by molar-refractivity contribution is -0.120. The Hall–Kier alpha value is -2.13. The molecule has 0 fully saturated rings. The number of hydrogen-bond donors (Lipinski definition) is 1. The highest BCUT2D eigenvalue weighted by Gasteiger charge is 2.27. The van der Waals surface area contributed by atoms with Gasteiger partial charge in [0, 0.05) is 5.69 Å². The highest BCUT2D eigenvalue weighted by atomic mass is 16.2. The van der Waals surface area contributed by atoms with E-state index in [1.807, 2.05) is 29.2 Å². The van der Waals surface area contributed by atoms with E-state index in [0.717, 1.165) is 17.7 Å². The van der Waals surface area contributed by atoms with E-state index < -0.39 is 6.04 Å². The molecule has 0 aliphatic carbocycles. The van der Waals surface area contributed by atoms with Crippen LogP contribution in [0.2, 0.25) is 0 Å². The molecule has 0 saturated heterocycles. The Balaban J connectivity index is 1.99. The zero-order valence-electron chi connectivity index (χ0n) is 12.3. The summed E-state index contributed by atoms with van der Waals surface area (Å²) in [7, 11) is 0. The first-order valence-corrected chi connectivity index (χ1v) is 7.35. The van der Waals surface area contributed by atoms with Gasteiger partial charge in [-0.3, -0.25) is 4.79 Å². The third-order valence-electron chi connectivity index (χ3n) is 4.01. The van der Waals surface area contributed by atoms with Gasteiger partial charge >= 0.3 is 0 Å². The highest BCUT2D eigenvalue weighted by Crippen LogP contribution is 2.28. The number of carbonyl (C=O) groups excluding carboxylic acids is 1. The standard InChI is InChI=1S/C18H20N2O/c1-13-5-4-6-14(11-13)12-20-17-8-3-2-7-15(17)9-10-16(19)18(20)21/h2-8,11,16H,9-10,12,19H2,1H3. The summed E-state index contributed by atoms with van der Waals surface area (Å²) in [6.07, 6.45) is 1.56. The molecular formula is C18H20N2O. The molecule has 0 bridgehead atoms. The van der Waals surface area contributed by atoms with Gasteiger partial charge in [0.2, 0.25) is 5.91 Å². The van der Waals surface area contributed by atoms with Crippen molar-refractivity contribution in [3.8, 4) is 0 Å². The molecule has 0 radical (unpaired) electrons. The fraction of sp³-hybridized carbons (Fsp3) is 0.278. The van der Waals surface area contributed by atoms with Crippen LogP contribution >= 0.6 is 0 Å². The van der Waals surface area contributed by atoms with Gasteiger partial charge < -0.3 is 10.6 Å². The van der Waals surface area contributed by atoms with Crippen molar-refractivity contribution in [3.05, 3.63) is 65.2 Å². The van der Waals surface area contributed by atoms with Gasteiger partial charge in [0.25, 0.3) is 0 Å². The molecule has 2 N–H and O–H groups in total. The number of fused-ring (bicyclic) bond motifs is 1. The number of benzene rings is 2. The predicted octanol–water partition coefficient (Wildman–Crippen LogP) is 2.80. The first-order chi connectivity index (χ1) is 10.1. The van der Waals surface area contributed by atoms with E-state index in [2.05, 4.69) is 31.2 Å². The Kier molecular flexibility index (Phi) is 3.76. The molecule has 1 amide bonds. The molecule has 2 aromatic carbocycles. The highest BCUT2D eigenvalue weighted by molar-refractivity contribution is 5.98. The molecule has 3 rings (SSSR count). The zero-order valence-corrected chi connectivity index (χ0v) is 12.3. The molecule has 1 heterocycles. The van der Waals surface area contributed by atoms with E-state index in [1.165, 1.54) is 11.1 Å². The van der Waals surface area contributed by atoms with Crippen molar-refractivity contribution in [1.82, 2.24) is 0 Å². The monoisotopic (exact) mass is 280 g/mol. The third-order valence-corrected chi connectivity index (χ3v) is 4.01. The van der Waals surface area contributed by atoms with Gasteiger partial charge in [0.15, 0.2) is 0 Å². The molecular weight excluding hydrogens is 260 g/mol. The van der Waals surface area contributed by atoms with E-state index >= 15 is 0 Å². The molecule has 3 heteroatoms. The second-order valence-corrected chi connectivity index (χ2v) is 5.69. The molecule has 3 nitrogen and oxygen atoms in total. The van der Waals surface area contributed by atoms with E-state index in [-0.39, 0.29) is 5.91 Å². The fourth-order valence-electron chi connectivity index (χ4n) is 2.90. The second kappa shape index (κ2) is 5.70. The number of para-hydroxylation sites is 1. The summed E-state index contributed by atoms with van der Waals surface area (Å²) in [6, 6.07) is 15.9. The average molecular weight is 280 g/mol. The number of rotatable bonds is 2. The Morgan fingerprint density at radius 1 is 1.19 bits per heavy atom. The number of aryl methyl sites for hydroxylation is 2. The van der Waals surface area contributed by atoms with Crippen molar-refractivity contribution in [2.24, 2.45) is 5.73 Å². The van der Waals surface area contributed by atoms with Crippen LogP contribution in [0.1, 0.15) is 23.1 Å². The lowest BCUT2D eigenvalue weighted by Gasteiger charge is -2.25. The second-order valence-electron chi connectivity index (χ2n) is 5.69. The summed E-state index contributed by atoms with van der Waals surface area (Å²) in [5.74, 6) is 0.0152. The number of hydrogen-bond acceptors (Lipinski definition) is 2. The molecule has 0 saturated carbocycles. The third kappa shape index (κ3) is 2.83.